The van der Waals surface area contributed by atoms with Gasteiger partial charge in [-0.25, -0.2) is 4.98 Å². The summed E-state index contributed by atoms with van der Waals surface area (Å²) in [7, 11) is 0. The number of anilines is 1. The molecule has 4 aromatic rings. The van der Waals surface area contributed by atoms with E-state index in [0.717, 1.165) is 14.9 Å². The van der Waals surface area contributed by atoms with Crippen molar-refractivity contribution in [2.45, 2.75) is 13.5 Å². The minimum Gasteiger partial charge on any atom is -0.325 e. The monoisotopic (exact) mass is 459 g/mol. The number of thiophene rings is 2. The van der Waals surface area contributed by atoms with Crippen molar-refractivity contribution in [2.24, 2.45) is 0 Å². The predicted octanol–water partition coefficient (Wildman–Crippen LogP) is 4.90. The van der Waals surface area contributed by atoms with Crippen molar-refractivity contribution < 1.29 is 4.79 Å². The second-order valence-corrected chi connectivity index (χ2v) is 9.03. The van der Waals surface area contributed by atoms with Gasteiger partial charge in [-0.05, 0) is 43.3 Å². The van der Waals surface area contributed by atoms with E-state index in [1.165, 1.54) is 27.1 Å². The molecule has 1 aromatic carbocycles. The number of rotatable bonds is 4. The van der Waals surface area contributed by atoms with Crippen molar-refractivity contribution in [1.29, 1.82) is 0 Å². The van der Waals surface area contributed by atoms with E-state index in [-0.39, 0.29) is 18.0 Å². The summed E-state index contributed by atoms with van der Waals surface area (Å²) >= 11 is 6.44. The van der Waals surface area contributed by atoms with Gasteiger partial charge in [0, 0.05) is 30.9 Å². The molecule has 0 unspecified atom stereocenters. The Morgan fingerprint density at radius 3 is 2.70 bits per heavy atom. The van der Waals surface area contributed by atoms with Crippen LogP contribution in [0.1, 0.15) is 4.88 Å². The molecule has 5 nitrogen and oxygen atoms in total. The molecule has 0 aliphatic rings. The van der Waals surface area contributed by atoms with Gasteiger partial charge in [0.2, 0.25) is 5.91 Å². The molecule has 1 N–H and O–H groups in total. The number of hydrogen-bond acceptors (Lipinski definition) is 5. The summed E-state index contributed by atoms with van der Waals surface area (Å²) in [5, 5.41) is 5.32. The summed E-state index contributed by atoms with van der Waals surface area (Å²) in [6.45, 7) is 1.95. The third kappa shape index (κ3) is 3.73. The van der Waals surface area contributed by atoms with Crippen molar-refractivity contribution in [2.75, 3.05) is 5.32 Å². The van der Waals surface area contributed by atoms with Gasteiger partial charge in [-0.1, -0.05) is 15.9 Å². The molecule has 0 saturated carbocycles. The Bertz CT molecular complexity index is 1190. The Hall–Kier alpha value is -2.29. The Kier molecular flexibility index (Phi) is 4.94. The number of fused-ring (bicyclic) bond motifs is 1. The Balaban J connectivity index is 1.64. The SMILES string of the molecule is Cc1ccc(-c2csc3ncn(CC(=O)Nc4ccc(Br)cc4)c(=O)c23)s1. The van der Waals surface area contributed by atoms with Crippen LogP contribution in [0.3, 0.4) is 0 Å². The van der Waals surface area contributed by atoms with Gasteiger partial charge in [0.05, 0.1) is 11.7 Å². The minimum absolute atomic E-state index is 0.0867. The number of carbonyl (C=O) groups excluding carboxylic acids is 1. The highest BCUT2D eigenvalue weighted by Gasteiger charge is 2.15. The molecule has 27 heavy (non-hydrogen) atoms. The van der Waals surface area contributed by atoms with Crippen LogP contribution in [0.2, 0.25) is 0 Å². The molecule has 0 aliphatic heterocycles. The molecule has 0 bridgehead atoms. The van der Waals surface area contributed by atoms with E-state index < -0.39 is 0 Å². The normalized spacial score (nSPS) is 11.0. The largest absolute Gasteiger partial charge is 0.325 e. The molecule has 1 amide bonds. The lowest BCUT2D eigenvalue weighted by Gasteiger charge is -2.07. The lowest BCUT2D eigenvalue weighted by molar-refractivity contribution is -0.116. The number of hydrogen-bond donors (Lipinski definition) is 1. The fourth-order valence-electron chi connectivity index (χ4n) is 2.73. The Morgan fingerprint density at radius 2 is 2.00 bits per heavy atom. The summed E-state index contributed by atoms with van der Waals surface area (Å²) in [4.78, 5) is 32.6. The van der Waals surface area contributed by atoms with E-state index in [1.54, 1.807) is 23.5 Å². The van der Waals surface area contributed by atoms with E-state index in [1.807, 2.05) is 36.6 Å². The summed E-state index contributed by atoms with van der Waals surface area (Å²) in [5.41, 5.74) is 1.36. The highest BCUT2D eigenvalue weighted by molar-refractivity contribution is 9.10. The van der Waals surface area contributed by atoms with E-state index in [2.05, 4.69) is 26.2 Å². The minimum atomic E-state index is -0.274. The number of carbonyl (C=O) groups is 1. The van der Waals surface area contributed by atoms with Gasteiger partial charge in [-0.2, -0.15) is 0 Å². The maximum absolute atomic E-state index is 13.0. The van der Waals surface area contributed by atoms with E-state index in [0.29, 0.717) is 15.9 Å². The van der Waals surface area contributed by atoms with Crippen molar-refractivity contribution in [1.82, 2.24) is 9.55 Å². The van der Waals surface area contributed by atoms with Crippen LogP contribution in [0, 0.1) is 6.92 Å². The van der Waals surface area contributed by atoms with Crippen LogP contribution in [-0.4, -0.2) is 15.5 Å². The lowest BCUT2D eigenvalue weighted by atomic mass is 10.2. The highest BCUT2D eigenvalue weighted by atomic mass is 79.9. The molecule has 136 valence electrons. The molecular formula is C19H14BrN3O2S2. The molecule has 0 aliphatic carbocycles. The standard InChI is InChI=1S/C19H14BrN3O2S2/c1-11-2-7-15(27-11)14-9-26-18-17(14)19(25)23(10-21-18)8-16(24)22-13-5-3-12(20)4-6-13/h2-7,9-10H,8H2,1H3,(H,22,24). The predicted molar refractivity (Wildman–Crippen MR) is 115 cm³/mol. The zero-order valence-electron chi connectivity index (χ0n) is 14.2. The van der Waals surface area contributed by atoms with Gasteiger partial charge in [-0.3, -0.25) is 14.2 Å². The number of halogens is 1. The molecule has 4 rings (SSSR count). The van der Waals surface area contributed by atoms with Crippen LogP contribution >= 0.6 is 38.6 Å². The van der Waals surface area contributed by atoms with Crippen molar-refractivity contribution >= 4 is 60.4 Å². The summed E-state index contributed by atoms with van der Waals surface area (Å²) in [5.74, 6) is -0.274. The average Bonchev–Trinajstić information content (AvgIpc) is 3.26. The number of nitrogens with one attached hydrogen (secondary N) is 1. The van der Waals surface area contributed by atoms with Gasteiger partial charge < -0.3 is 5.32 Å². The zero-order chi connectivity index (χ0) is 19.0. The molecule has 3 aromatic heterocycles. The number of nitrogens with zero attached hydrogens (tertiary/aromatic N) is 2. The topological polar surface area (TPSA) is 64.0 Å². The fourth-order valence-corrected chi connectivity index (χ4v) is 4.86. The van der Waals surface area contributed by atoms with Crippen LogP contribution in [0.15, 0.2) is 57.4 Å². The first kappa shape index (κ1) is 18.1. The van der Waals surface area contributed by atoms with Crippen LogP contribution < -0.4 is 10.9 Å². The molecule has 0 spiro atoms. The molecule has 0 atom stereocenters. The summed E-state index contributed by atoms with van der Waals surface area (Å²) in [6.07, 6.45) is 1.44. The smallest absolute Gasteiger partial charge is 0.263 e. The fraction of sp³-hybridized carbons (Fsp3) is 0.105. The first-order valence-electron chi connectivity index (χ1n) is 8.10. The molecule has 8 heteroatoms. The van der Waals surface area contributed by atoms with Crippen LogP contribution in [0.25, 0.3) is 20.7 Å². The van der Waals surface area contributed by atoms with Crippen molar-refractivity contribution in [3.8, 4) is 10.4 Å². The first-order valence-corrected chi connectivity index (χ1v) is 10.6. The van der Waals surface area contributed by atoms with E-state index in [4.69, 9.17) is 0 Å². The quantitative estimate of drug-likeness (QED) is 0.472. The van der Waals surface area contributed by atoms with Gasteiger partial charge in [-0.15, -0.1) is 22.7 Å². The van der Waals surface area contributed by atoms with Crippen LogP contribution in [0.5, 0.6) is 0 Å². The van der Waals surface area contributed by atoms with E-state index in [9.17, 15) is 9.59 Å². The van der Waals surface area contributed by atoms with Gasteiger partial charge >= 0.3 is 0 Å². The van der Waals surface area contributed by atoms with Crippen LogP contribution in [-0.2, 0) is 11.3 Å². The van der Waals surface area contributed by atoms with Crippen LogP contribution in [0.4, 0.5) is 5.69 Å². The third-order valence-electron chi connectivity index (χ3n) is 4.01. The maximum Gasteiger partial charge on any atom is 0.263 e. The lowest BCUT2D eigenvalue weighted by Crippen LogP contribution is -2.27. The average molecular weight is 460 g/mol. The first-order chi connectivity index (χ1) is 13.0. The number of benzene rings is 1. The number of amides is 1. The molecular weight excluding hydrogens is 446 g/mol. The molecule has 3 heterocycles. The van der Waals surface area contributed by atoms with Crippen molar-refractivity contribution in [3.05, 3.63) is 67.8 Å². The Morgan fingerprint density at radius 1 is 1.22 bits per heavy atom. The summed E-state index contributed by atoms with van der Waals surface area (Å²) < 4.78 is 2.29. The van der Waals surface area contributed by atoms with E-state index >= 15 is 0 Å². The maximum atomic E-state index is 13.0. The molecule has 0 radical (unpaired) electrons. The molecule has 0 fully saturated rings. The zero-order valence-corrected chi connectivity index (χ0v) is 17.5. The van der Waals surface area contributed by atoms with Gasteiger partial charge in [0.25, 0.3) is 5.56 Å². The second kappa shape index (κ2) is 7.38. The third-order valence-corrected chi connectivity index (χ3v) is 6.46. The van der Waals surface area contributed by atoms with Crippen molar-refractivity contribution in [3.63, 3.8) is 0 Å². The van der Waals surface area contributed by atoms with Gasteiger partial charge in [0.1, 0.15) is 11.4 Å². The molecule has 0 saturated heterocycles. The second-order valence-electron chi connectivity index (χ2n) is 5.97. The van der Waals surface area contributed by atoms with Gasteiger partial charge in [0.15, 0.2) is 0 Å². The Labute approximate surface area is 171 Å². The number of aromatic nitrogens is 2. The summed E-state index contributed by atoms with van der Waals surface area (Å²) in [6, 6.07) is 11.3. The highest BCUT2D eigenvalue weighted by Crippen LogP contribution is 2.34. The number of aryl methyl sites for hydroxylation is 1.